The van der Waals surface area contributed by atoms with Gasteiger partial charge in [-0.25, -0.2) is 4.39 Å². The molecule has 1 atom stereocenters. The summed E-state index contributed by atoms with van der Waals surface area (Å²) in [6.07, 6.45) is 3.28. The van der Waals surface area contributed by atoms with E-state index in [2.05, 4.69) is 19.0 Å². The third-order valence-electron chi connectivity index (χ3n) is 6.44. The second-order valence-electron chi connectivity index (χ2n) is 9.69. The highest BCUT2D eigenvalue weighted by molar-refractivity contribution is 5.70. The summed E-state index contributed by atoms with van der Waals surface area (Å²) in [5.74, 6) is 1.99. The predicted molar refractivity (Wildman–Crippen MR) is 134 cm³/mol. The van der Waals surface area contributed by atoms with Crippen molar-refractivity contribution in [2.24, 2.45) is 11.8 Å². The maximum Gasteiger partial charge on any atom is 0.306 e. The standard InChI is InChI=1S/C29H34FNO5/c1-5-34-28(32)16-23(19-9-10-19)20-7-6-8-22(14-20)35-17-27-25(13-18(2)3)29(36-31-27)24-15-21(33-4)11-12-26(24)30/h6-8,11-12,14-15,18-19,23H,5,9-10,13,16-17H2,1-4H3. The summed E-state index contributed by atoms with van der Waals surface area (Å²) in [5.41, 5.74) is 2.85. The van der Waals surface area contributed by atoms with E-state index in [9.17, 15) is 9.18 Å². The Morgan fingerprint density at radius 2 is 1.97 bits per heavy atom. The van der Waals surface area contributed by atoms with Crippen LogP contribution in [0.15, 0.2) is 47.0 Å². The highest BCUT2D eigenvalue weighted by Gasteiger charge is 2.34. The van der Waals surface area contributed by atoms with Gasteiger partial charge in [0.25, 0.3) is 0 Å². The van der Waals surface area contributed by atoms with E-state index in [4.69, 9.17) is 18.7 Å². The first kappa shape index (κ1) is 25.7. The molecule has 1 saturated carbocycles. The smallest absolute Gasteiger partial charge is 0.306 e. The fourth-order valence-corrected chi connectivity index (χ4v) is 4.53. The van der Waals surface area contributed by atoms with Gasteiger partial charge in [0.2, 0.25) is 0 Å². The van der Waals surface area contributed by atoms with Gasteiger partial charge >= 0.3 is 5.97 Å². The van der Waals surface area contributed by atoms with Gasteiger partial charge in [-0.2, -0.15) is 0 Å². The van der Waals surface area contributed by atoms with Gasteiger partial charge in [0, 0.05) is 5.56 Å². The van der Waals surface area contributed by atoms with Gasteiger partial charge in [0.1, 0.15) is 29.6 Å². The van der Waals surface area contributed by atoms with Crippen molar-refractivity contribution in [3.63, 3.8) is 0 Å². The molecule has 1 aliphatic carbocycles. The minimum Gasteiger partial charge on any atom is -0.497 e. The van der Waals surface area contributed by atoms with Crippen LogP contribution in [0.4, 0.5) is 4.39 Å². The zero-order valence-electron chi connectivity index (χ0n) is 21.4. The minimum atomic E-state index is -0.398. The van der Waals surface area contributed by atoms with Gasteiger partial charge < -0.3 is 18.7 Å². The van der Waals surface area contributed by atoms with E-state index in [1.165, 1.54) is 6.07 Å². The lowest BCUT2D eigenvalue weighted by Gasteiger charge is -2.17. The third-order valence-corrected chi connectivity index (χ3v) is 6.44. The van der Waals surface area contributed by atoms with E-state index in [0.29, 0.717) is 59.8 Å². The molecule has 36 heavy (non-hydrogen) atoms. The van der Waals surface area contributed by atoms with E-state index in [0.717, 1.165) is 24.0 Å². The molecular formula is C29H34FNO5. The molecule has 0 radical (unpaired) electrons. The van der Waals surface area contributed by atoms with E-state index < -0.39 is 5.82 Å². The quantitative estimate of drug-likeness (QED) is 0.260. The Balaban J connectivity index is 1.55. The van der Waals surface area contributed by atoms with Crippen LogP contribution in [0.1, 0.15) is 62.8 Å². The third kappa shape index (κ3) is 6.25. The Hall–Kier alpha value is -3.35. The molecule has 0 bridgehead atoms. The van der Waals surface area contributed by atoms with Crippen molar-refractivity contribution in [2.75, 3.05) is 13.7 Å². The fourth-order valence-electron chi connectivity index (χ4n) is 4.53. The minimum absolute atomic E-state index is 0.124. The summed E-state index contributed by atoms with van der Waals surface area (Å²) < 4.78 is 36.9. The van der Waals surface area contributed by atoms with Gasteiger partial charge in [-0.15, -0.1) is 0 Å². The number of esters is 1. The molecule has 0 N–H and O–H groups in total. The van der Waals surface area contributed by atoms with Crippen molar-refractivity contribution >= 4 is 5.97 Å². The van der Waals surface area contributed by atoms with Crippen molar-refractivity contribution in [3.8, 4) is 22.8 Å². The molecular weight excluding hydrogens is 461 g/mol. The topological polar surface area (TPSA) is 70.8 Å². The first-order chi connectivity index (χ1) is 17.4. The lowest BCUT2D eigenvalue weighted by atomic mass is 9.91. The highest BCUT2D eigenvalue weighted by Crippen LogP contribution is 2.45. The van der Waals surface area contributed by atoms with Crippen LogP contribution in [0.25, 0.3) is 11.3 Å². The maximum atomic E-state index is 14.7. The summed E-state index contributed by atoms with van der Waals surface area (Å²) in [5, 5.41) is 4.24. The molecule has 192 valence electrons. The summed E-state index contributed by atoms with van der Waals surface area (Å²) in [6.45, 7) is 6.58. The van der Waals surface area contributed by atoms with Gasteiger partial charge in [-0.1, -0.05) is 31.1 Å². The molecule has 4 rings (SSSR count). The van der Waals surface area contributed by atoms with E-state index in [1.807, 2.05) is 31.2 Å². The van der Waals surface area contributed by atoms with Crippen molar-refractivity contribution in [1.82, 2.24) is 5.16 Å². The molecule has 1 aromatic heterocycles. The number of rotatable bonds is 12. The molecule has 2 aromatic carbocycles. The van der Waals surface area contributed by atoms with Crippen LogP contribution >= 0.6 is 0 Å². The summed E-state index contributed by atoms with van der Waals surface area (Å²) in [6, 6.07) is 12.4. The monoisotopic (exact) mass is 495 g/mol. The second-order valence-corrected chi connectivity index (χ2v) is 9.69. The Labute approximate surface area is 211 Å². The summed E-state index contributed by atoms with van der Waals surface area (Å²) in [4.78, 5) is 12.2. The van der Waals surface area contributed by atoms with Gasteiger partial charge in [-0.05, 0) is 79.8 Å². The van der Waals surface area contributed by atoms with Crippen molar-refractivity contribution in [3.05, 3.63) is 65.1 Å². The van der Waals surface area contributed by atoms with Gasteiger partial charge in [-0.3, -0.25) is 4.79 Å². The van der Waals surface area contributed by atoms with Gasteiger partial charge in [0.05, 0.1) is 25.7 Å². The molecule has 1 heterocycles. The average Bonchev–Trinajstić information content (AvgIpc) is 3.63. The Kier molecular flexibility index (Phi) is 8.28. The summed E-state index contributed by atoms with van der Waals surface area (Å²) in [7, 11) is 1.54. The first-order valence-corrected chi connectivity index (χ1v) is 12.6. The number of hydrogen-bond acceptors (Lipinski definition) is 6. The van der Waals surface area contributed by atoms with Crippen LogP contribution in [0.5, 0.6) is 11.5 Å². The van der Waals surface area contributed by atoms with E-state index in [-0.39, 0.29) is 18.5 Å². The highest BCUT2D eigenvalue weighted by atomic mass is 19.1. The molecule has 1 unspecified atom stereocenters. The molecule has 1 aliphatic rings. The zero-order chi connectivity index (χ0) is 25.7. The maximum absolute atomic E-state index is 14.7. The van der Waals surface area contributed by atoms with Crippen LogP contribution < -0.4 is 9.47 Å². The van der Waals surface area contributed by atoms with Gasteiger partial charge in [0.15, 0.2) is 5.76 Å². The number of carbonyl (C=O) groups excluding carboxylic acids is 1. The Morgan fingerprint density at radius 1 is 1.17 bits per heavy atom. The molecule has 0 amide bonds. The number of nitrogens with zero attached hydrogens (tertiary/aromatic N) is 1. The normalized spacial score (nSPS) is 14.1. The number of benzene rings is 2. The largest absolute Gasteiger partial charge is 0.497 e. The average molecular weight is 496 g/mol. The molecule has 0 saturated heterocycles. The molecule has 1 fully saturated rings. The van der Waals surface area contributed by atoms with Crippen LogP contribution in [0.3, 0.4) is 0 Å². The fraction of sp³-hybridized carbons (Fsp3) is 0.448. The lowest BCUT2D eigenvalue weighted by molar-refractivity contribution is -0.143. The van der Waals surface area contributed by atoms with Crippen LogP contribution in [-0.2, 0) is 22.6 Å². The number of methoxy groups -OCH3 is 1. The SMILES string of the molecule is CCOC(=O)CC(c1cccc(OCc2noc(-c3cc(OC)ccc3F)c2CC(C)C)c1)C1CC1. The van der Waals surface area contributed by atoms with E-state index in [1.54, 1.807) is 19.2 Å². The Bertz CT molecular complexity index is 1180. The van der Waals surface area contributed by atoms with Crippen molar-refractivity contribution in [2.45, 2.75) is 59.0 Å². The zero-order valence-corrected chi connectivity index (χ0v) is 21.4. The number of hydrogen-bond donors (Lipinski definition) is 0. The van der Waals surface area contributed by atoms with Crippen molar-refractivity contribution in [1.29, 1.82) is 0 Å². The first-order valence-electron chi connectivity index (χ1n) is 12.6. The van der Waals surface area contributed by atoms with E-state index >= 15 is 0 Å². The number of aromatic nitrogens is 1. The predicted octanol–water partition coefficient (Wildman–Crippen LogP) is 6.71. The number of halogens is 1. The molecule has 0 spiro atoms. The van der Waals surface area contributed by atoms with Crippen LogP contribution in [0, 0.1) is 17.7 Å². The van der Waals surface area contributed by atoms with Crippen LogP contribution in [-0.4, -0.2) is 24.8 Å². The molecule has 7 heteroatoms. The lowest BCUT2D eigenvalue weighted by Crippen LogP contribution is -2.12. The van der Waals surface area contributed by atoms with Crippen LogP contribution in [0.2, 0.25) is 0 Å². The number of carbonyl (C=O) groups is 1. The molecule has 0 aliphatic heterocycles. The summed E-state index contributed by atoms with van der Waals surface area (Å²) >= 11 is 0. The molecule has 3 aromatic rings. The Morgan fingerprint density at radius 3 is 2.67 bits per heavy atom. The number of ether oxygens (including phenoxy) is 3. The van der Waals surface area contributed by atoms with Crippen molar-refractivity contribution < 1.29 is 27.9 Å². The molecule has 6 nitrogen and oxygen atoms in total. The second kappa shape index (κ2) is 11.6.